The Morgan fingerprint density at radius 3 is 2.69 bits per heavy atom. The third-order valence-corrected chi connectivity index (χ3v) is 1.70. The lowest BCUT2D eigenvalue weighted by Crippen LogP contribution is -2.35. The zero-order chi connectivity index (χ0) is 10.3. The highest BCUT2D eigenvalue weighted by molar-refractivity contribution is 5.76. The molecule has 1 amide bonds. The largest absolute Gasteiger partial charge is 0.392 e. The van der Waals surface area contributed by atoms with Crippen LogP contribution in [0.4, 0.5) is 0 Å². The summed E-state index contributed by atoms with van der Waals surface area (Å²) in [7, 11) is 0. The summed E-state index contributed by atoms with van der Waals surface area (Å²) in [6.07, 6.45) is 1.71. The third kappa shape index (κ3) is 7.74. The van der Waals surface area contributed by atoms with E-state index in [2.05, 4.69) is 5.32 Å². The first kappa shape index (κ1) is 12.4. The molecule has 0 spiro atoms. The van der Waals surface area contributed by atoms with Crippen LogP contribution >= 0.6 is 0 Å². The van der Waals surface area contributed by atoms with Crippen molar-refractivity contribution in [1.29, 1.82) is 0 Å². The highest BCUT2D eigenvalue weighted by Crippen LogP contribution is 1.97. The van der Waals surface area contributed by atoms with Crippen LogP contribution < -0.4 is 11.1 Å². The number of amides is 1. The van der Waals surface area contributed by atoms with Crippen molar-refractivity contribution in [2.45, 2.75) is 45.3 Å². The summed E-state index contributed by atoms with van der Waals surface area (Å²) in [5.74, 6) is -0.0816. The van der Waals surface area contributed by atoms with Gasteiger partial charge in [0.25, 0.3) is 0 Å². The van der Waals surface area contributed by atoms with E-state index in [4.69, 9.17) is 10.8 Å². The second-order valence-electron chi connectivity index (χ2n) is 3.41. The van der Waals surface area contributed by atoms with Gasteiger partial charge in [-0.1, -0.05) is 13.3 Å². The molecule has 0 aromatic rings. The summed E-state index contributed by atoms with van der Waals surface area (Å²) in [6, 6.07) is -0.0565. The predicted molar refractivity (Wildman–Crippen MR) is 52.2 cm³/mol. The molecule has 0 bridgehead atoms. The molecule has 78 valence electrons. The molecule has 0 aliphatic rings. The minimum atomic E-state index is -0.494. The molecule has 0 fully saturated rings. The molecule has 4 heteroatoms. The highest BCUT2D eigenvalue weighted by atomic mass is 16.3. The predicted octanol–water partition coefficient (Wildman–Crippen LogP) is 0.000900. The maximum Gasteiger partial charge on any atom is 0.221 e. The van der Waals surface area contributed by atoms with Gasteiger partial charge in [-0.2, -0.15) is 0 Å². The van der Waals surface area contributed by atoms with Crippen LogP contribution in [-0.2, 0) is 4.79 Å². The van der Waals surface area contributed by atoms with Crippen molar-refractivity contribution >= 4 is 5.91 Å². The first-order valence-corrected chi connectivity index (χ1v) is 4.76. The number of nitrogens with two attached hydrogens (primary N) is 1. The molecule has 4 N–H and O–H groups in total. The topological polar surface area (TPSA) is 75.4 Å². The van der Waals surface area contributed by atoms with Crippen molar-refractivity contribution < 1.29 is 9.90 Å². The van der Waals surface area contributed by atoms with Crippen LogP contribution in [0.2, 0.25) is 0 Å². The van der Waals surface area contributed by atoms with Crippen LogP contribution in [0.25, 0.3) is 0 Å². The summed E-state index contributed by atoms with van der Waals surface area (Å²) >= 11 is 0. The number of rotatable bonds is 6. The lowest BCUT2D eigenvalue weighted by atomic mass is 10.1. The van der Waals surface area contributed by atoms with E-state index in [9.17, 15) is 4.79 Å². The maximum absolute atomic E-state index is 11.1. The average Bonchev–Trinajstić information content (AvgIpc) is 2.01. The van der Waals surface area contributed by atoms with Crippen LogP contribution in [0.15, 0.2) is 0 Å². The van der Waals surface area contributed by atoms with E-state index in [0.29, 0.717) is 13.0 Å². The zero-order valence-electron chi connectivity index (χ0n) is 8.42. The van der Waals surface area contributed by atoms with Gasteiger partial charge in [0.05, 0.1) is 6.10 Å². The van der Waals surface area contributed by atoms with Crippen molar-refractivity contribution in [3.63, 3.8) is 0 Å². The van der Waals surface area contributed by atoms with Crippen LogP contribution in [0.3, 0.4) is 0 Å². The summed E-state index contributed by atoms with van der Waals surface area (Å²) in [5.41, 5.74) is 5.67. The van der Waals surface area contributed by atoms with E-state index in [-0.39, 0.29) is 11.9 Å². The number of carbonyl (C=O) groups excluding carboxylic acids is 1. The second kappa shape index (κ2) is 6.86. The van der Waals surface area contributed by atoms with Gasteiger partial charge in [0.2, 0.25) is 5.91 Å². The van der Waals surface area contributed by atoms with E-state index in [1.807, 2.05) is 6.92 Å². The minimum Gasteiger partial charge on any atom is -0.392 e. The van der Waals surface area contributed by atoms with Gasteiger partial charge < -0.3 is 16.2 Å². The van der Waals surface area contributed by atoms with E-state index >= 15 is 0 Å². The lowest BCUT2D eigenvalue weighted by Gasteiger charge is -2.11. The van der Waals surface area contributed by atoms with E-state index in [0.717, 1.165) is 12.8 Å². The molecule has 1 unspecified atom stereocenters. The fourth-order valence-electron chi connectivity index (χ4n) is 1.04. The molecule has 0 aliphatic carbocycles. The summed E-state index contributed by atoms with van der Waals surface area (Å²) in [6.45, 7) is 3.97. The molecule has 0 aromatic heterocycles. The minimum absolute atomic E-state index is 0.0565. The molecule has 2 atom stereocenters. The van der Waals surface area contributed by atoms with E-state index < -0.39 is 6.10 Å². The molecule has 0 aliphatic heterocycles. The van der Waals surface area contributed by atoms with Crippen molar-refractivity contribution in [3.8, 4) is 0 Å². The van der Waals surface area contributed by atoms with E-state index in [1.165, 1.54) is 0 Å². The van der Waals surface area contributed by atoms with Crippen molar-refractivity contribution in [1.82, 2.24) is 5.32 Å². The van der Waals surface area contributed by atoms with Gasteiger partial charge in [-0.05, 0) is 13.3 Å². The van der Waals surface area contributed by atoms with Crippen LogP contribution in [0.1, 0.15) is 33.1 Å². The quantitative estimate of drug-likeness (QED) is 0.549. The zero-order valence-corrected chi connectivity index (χ0v) is 8.42. The summed E-state index contributed by atoms with van der Waals surface area (Å²) < 4.78 is 0. The van der Waals surface area contributed by atoms with Crippen molar-refractivity contribution in [3.05, 3.63) is 0 Å². The van der Waals surface area contributed by atoms with Crippen LogP contribution in [-0.4, -0.2) is 29.7 Å². The number of hydrogen-bond acceptors (Lipinski definition) is 3. The first-order chi connectivity index (χ1) is 6.06. The standard InChI is InChI=1S/C9H20N2O2/c1-3-4-8(10)5-9(13)11-6-7(2)12/h7-8,12H,3-6,10H2,1-2H3,(H,11,13)/t7-,8?/m1/s1. The Bertz CT molecular complexity index is 149. The number of nitrogens with one attached hydrogen (secondary N) is 1. The molecule has 0 saturated heterocycles. The number of hydrogen-bond donors (Lipinski definition) is 3. The Labute approximate surface area is 79.5 Å². The van der Waals surface area contributed by atoms with Gasteiger partial charge >= 0.3 is 0 Å². The highest BCUT2D eigenvalue weighted by Gasteiger charge is 2.08. The molecule has 0 saturated carbocycles. The van der Waals surface area contributed by atoms with Crippen molar-refractivity contribution in [2.24, 2.45) is 5.73 Å². The number of aliphatic hydroxyl groups is 1. The molecule has 0 rings (SSSR count). The molecule has 13 heavy (non-hydrogen) atoms. The Balaban J connectivity index is 3.50. The van der Waals surface area contributed by atoms with Crippen molar-refractivity contribution in [2.75, 3.05) is 6.54 Å². The Hall–Kier alpha value is -0.610. The number of aliphatic hydroxyl groups excluding tert-OH is 1. The van der Waals surface area contributed by atoms with E-state index in [1.54, 1.807) is 6.92 Å². The van der Waals surface area contributed by atoms with Crippen LogP contribution in [0.5, 0.6) is 0 Å². The average molecular weight is 188 g/mol. The fraction of sp³-hybridized carbons (Fsp3) is 0.889. The number of carbonyl (C=O) groups is 1. The molecular weight excluding hydrogens is 168 g/mol. The summed E-state index contributed by atoms with van der Waals surface area (Å²) in [5, 5.41) is 11.5. The van der Waals surface area contributed by atoms with Gasteiger partial charge in [-0.15, -0.1) is 0 Å². The molecular formula is C9H20N2O2. The second-order valence-corrected chi connectivity index (χ2v) is 3.41. The molecule has 4 nitrogen and oxygen atoms in total. The fourth-order valence-corrected chi connectivity index (χ4v) is 1.04. The van der Waals surface area contributed by atoms with Gasteiger partial charge in [0, 0.05) is 19.0 Å². The van der Waals surface area contributed by atoms with Gasteiger partial charge in [0.15, 0.2) is 0 Å². The van der Waals surface area contributed by atoms with Gasteiger partial charge in [0.1, 0.15) is 0 Å². The normalized spacial score (nSPS) is 15.1. The third-order valence-electron chi connectivity index (χ3n) is 1.70. The van der Waals surface area contributed by atoms with Crippen LogP contribution in [0, 0.1) is 0 Å². The maximum atomic E-state index is 11.1. The first-order valence-electron chi connectivity index (χ1n) is 4.76. The Morgan fingerprint density at radius 2 is 2.23 bits per heavy atom. The van der Waals surface area contributed by atoms with Gasteiger partial charge in [-0.3, -0.25) is 4.79 Å². The van der Waals surface area contributed by atoms with Gasteiger partial charge in [-0.25, -0.2) is 0 Å². The summed E-state index contributed by atoms with van der Waals surface area (Å²) in [4.78, 5) is 11.1. The molecule has 0 aromatic carbocycles. The Kier molecular flexibility index (Phi) is 6.54. The Morgan fingerprint density at radius 1 is 1.62 bits per heavy atom. The molecule has 0 heterocycles. The molecule has 0 radical (unpaired) electrons. The monoisotopic (exact) mass is 188 g/mol. The lowest BCUT2D eigenvalue weighted by molar-refractivity contribution is -0.121. The smallest absolute Gasteiger partial charge is 0.221 e. The SMILES string of the molecule is CCCC(N)CC(=O)NC[C@@H](C)O.